The Kier molecular flexibility index (Phi) is 3.62. The fourth-order valence-electron chi connectivity index (χ4n) is 3.10. The number of anilines is 1. The first-order chi connectivity index (χ1) is 9.71. The van der Waals surface area contributed by atoms with Crippen molar-refractivity contribution in [3.05, 3.63) is 36.4 Å². The summed E-state index contributed by atoms with van der Waals surface area (Å²) in [7, 11) is 0. The van der Waals surface area contributed by atoms with Crippen molar-refractivity contribution < 1.29 is 0 Å². The zero-order valence-electron chi connectivity index (χ0n) is 12.1. The van der Waals surface area contributed by atoms with Crippen molar-refractivity contribution >= 4 is 16.7 Å². The minimum atomic E-state index is 0.0297. The first-order valence-electron chi connectivity index (χ1n) is 7.55. The minimum absolute atomic E-state index is 0.0297. The predicted octanol–water partition coefficient (Wildman–Crippen LogP) is 3.55. The Labute approximate surface area is 120 Å². The molecular formula is C17H23N3. The van der Waals surface area contributed by atoms with E-state index in [2.05, 4.69) is 36.5 Å². The van der Waals surface area contributed by atoms with E-state index in [1.165, 1.54) is 18.2 Å². The highest BCUT2D eigenvalue weighted by atomic mass is 15.1. The Morgan fingerprint density at radius 3 is 2.70 bits per heavy atom. The summed E-state index contributed by atoms with van der Waals surface area (Å²) in [6.07, 6.45) is 4.77. The van der Waals surface area contributed by atoms with Crippen LogP contribution in [-0.4, -0.2) is 17.1 Å². The van der Waals surface area contributed by atoms with Gasteiger partial charge in [0, 0.05) is 11.9 Å². The van der Waals surface area contributed by atoms with Crippen LogP contribution in [0.4, 0.5) is 5.82 Å². The molecule has 2 aromatic rings. The van der Waals surface area contributed by atoms with Crippen molar-refractivity contribution in [2.24, 2.45) is 11.7 Å². The van der Waals surface area contributed by atoms with Crippen molar-refractivity contribution in [1.82, 2.24) is 4.98 Å². The van der Waals surface area contributed by atoms with Crippen LogP contribution in [0.5, 0.6) is 0 Å². The molecule has 1 saturated carbocycles. The molecule has 3 N–H and O–H groups in total. The van der Waals surface area contributed by atoms with Crippen LogP contribution in [0.25, 0.3) is 10.9 Å². The quantitative estimate of drug-likeness (QED) is 0.896. The molecule has 0 aliphatic heterocycles. The lowest BCUT2D eigenvalue weighted by molar-refractivity contribution is 0.271. The highest BCUT2D eigenvalue weighted by Crippen LogP contribution is 2.33. The van der Waals surface area contributed by atoms with E-state index in [0.717, 1.165) is 30.1 Å². The Balaban J connectivity index is 1.83. The van der Waals surface area contributed by atoms with Gasteiger partial charge >= 0.3 is 0 Å². The smallest absolute Gasteiger partial charge is 0.127 e. The molecule has 0 amide bonds. The molecule has 3 nitrogen and oxygen atoms in total. The van der Waals surface area contributed by atoms with Gasteiger partial charge in [0.15, 0.2) is 0 Å². The zero-order valence-corrected chi connectivity index (χ0v) is 12.1. The fraction of sp³-hybridized carbons (Fsp3) is 0.471. The maximum atomic E-state index is 6.05. The maximum absolute atomic E-state index is 6.05. The van der Waals surface area contributed by atoms with Gasteiger partial charge in [0.1, 0.15) is 5.82 Å². The number of rotatable bonds is 3. The van der Waals surface area contributed by atoms with Crippen LogP contribution in [-0.2, 0) is 0 Å². The zero-order chi connectivity index (χ0) is 14.0. The summed E-state index contributed by atoms with van der Waals surface area (Å²) in [6.45, 7) is 3.00. The molecule has 0 radical (unpaired) electrons. The fourth-order valence-corrected chi connectivity index (χ4v) is 3.10. The standard InChI is InChI=1S/C17H23N3/c1-13-8-10-17(12-18,11-9-13)20-16-7-6-14-4-2-3-5-15(14)19-16/h2-7,13H,8-12,18H2,1H3,(H,19,20). The summed E-state index contributed by atoms with van der Waals surface area (Å²) < 4.78 is 0. The molecule has 1 aliphatic carbocycles. The van der Waals surface area contributed by atoms with E-state index in [-0.39, 0.29) is 5.54 Å². The molecule has 0 saturated heterocycles. The van der Waals surface area contributed by atoms with Crippen molar-refractivity contribution in [2.75, 3.05) is 11.9 Å². The molecule has 1 aliphatic rings. The van der Waals surface area contributed by atoms with Crippen molar-refractivity contribution in [3.63, 3.8) is 0 Å². The van der Waals surface area contributed by atoms with E-state index in [1.807, 2.05) is 12.1 Å². The van der Waals surface area contributed by atoms with Gasteiger partial charge in [-0.25, -0.2) is 4.98 Å². The van der Waals surface area contributed by atoms with Gasteiger partial charge in [-0.1, -0.05) is 25.1 Å². The van der Waals surface area contributed by atoms with Crippen LogP contribution < -0.4 is 11.1 Å². The van der Waals surface area contributed by atoms with Crippen molar-refractivity contribution in [3.8, 4) is 0 Å². The first kappa shape index (κ1) is 13.4. The number of nitrogens with two attached hydrogens (primary N) is 1. The summed E-state index contributed by atoms with van der Waals surface area (Å²) >= 11 is 0. The van der Waals surface area contributed by atoms with E-state index < -0.39 is 0 Å². The molecular weight excluding hydrogens is 246 g/mol. The monoisotopic (exact) mass is 269 g/mol. The number of nitrogens with one attached hydrogen (secondary N) is 1. The summed E-state index contributed by atoms with van der Waals surface area (Å²) in [4.78, 5) is 4.71. The number of nitrogens with zero attached hydrogens (tertiary/aromatic N) is 1. The van der Waals surface area contributed by atoms with Crippen LogP contribution >= 0.6 is 0 Å². The number of aromatic nitrogens is 1. The highest BCUT2D eigenvalue weighted by Gasteiger charge is 2.33. The molecule has 3 rings (SSSR count). The minimum Gasteiger partial charge on any atom is -0.363 e. The Bertz CT molecular complexity index is 586. The third-order valence-electron chi connectivity index (χ3n) is 4.61. The van der Waals surface area contributed by atoms with Crippen molar-refractivity contribution in [2.45, 2.75) is 38.1 Å². The van der Waals surface area contributed by atoms with Gasteiger partial charge < -0.3 is 11.1 Å². The second kappa shape index (κ2) is 5.41. The van der Waals surface area contributed by atoms with Gasteiger partial charge in [-0.3, -0.25) is 0 Å². The summed E-state index contributed by atoms with van der Waals surface area (Å²) in [5.74, 6) is 1.77. The Morgan fingerprint density at radius 1 is 1.20 bits per heavy atom. The molecule has 1 aromatic heterocycles. The van der Waals surface area contributed by atoms with Gasteiger partial charge in [0.05, 0.1) is 11.1 Å². The first-order valence-corrected chi connectivity index (χ1v) is 7.55. The molecule has 0 unspecified atom stereocenters. The molecule has 106 valence electrons. The average Bonchev–Trinajstić information content (AvgIpc) is 2.50. The SMILES string of the molecule is CC1CCC(CN)(Nc2ccc3ccccc3n2)CC1. The number of hydrogen-bond acceptors (Lipinski definition) is 3. The normalized spacial score (nSPS) is 26.6. The summed E-state index contributed by atoms with van der Waals surface area (Å²) in [6, 6.07) is 12.4. The molecule has 1 fully saturated rings. The van der Waals surface area contributed by atoms with Gasteiger partial charge in [0.2, 0.25) is 0 Å². The average molecular weight is 269 g/mol. The van der Waals surface area contributed by atoms with E-state index in [4.69, 9.17) is 10.7 Å². The van der Waals surface area contributed by atoms with E-state index in [0.29, 0.717) is 6.54 Å². The lowest BCUT2D eigenvalue weighted by atomic mass is 9.77. The van der Waals surface area contributed by atoms with Crippen LogP contribution in [0.3, 0.4) is 0 Å². The molecule has 0 bridgehead atoms. The number of fused-ring (bicyclic) bond motifs is 1. The van der Waals surface area contributed by atoms with Gasteiger partial charge in [0.25, 0.3) is 0 Å². The summed E-state index contributed by atoms with van der Waals surface area (Å²) in [5.41, 5.74) is 7.12. The third kappa shape index (κ3) is 2.63. The van der Waals surface area contributed by atoms with Gasteiger partial charge in [-0.15, -0.1) is 0 Å². The number of pyridine rings is 1. The van der Waals surface area contributed by atoms with E-state index in [1.54, 1.807) is 0 Å². The maximum Gasteiger partial charge on any atom is 0.127 e. The lowest BCUT2D eigenvalue weighted by Crippen LogP contribution is -2.48. The Hall–Kier alpha value is -1.61. The van der Waals surface area contributed by atoms with Gasteiger partial charge in [-0.2, -0.15) is 0 Å². The van der Waals surface area contributed by atoms with Crippen LogP contribution in [0.1, 0.15) is 32.6 Å². The summed E-state index contributed by atoms with van der Waals surface area (Å²) in [5, 5.41) is 4.80. The Morgan fingerprint density at radius 2 is 1.95 bits per heavy atom. The van der Waals surface area contributed by atoms with Crippen LogP contribution in [0.15, 0.2) is 36.4 Å². The molecule has 0 atom stereocenters. The predicted molar refractivity (Wildman–Crippen MR) is 84.8 cm³/mol. The van der Waals surface area contributed by atoms with Gasteiger partial charge in [-0.05, 0) is 49.8 Å². The molecule has 3 heteroatoms. The van der Waals surface area contributed by atoms with Crippen LogP contribution in [0.2, 0.25) is 0 Å². The number of para-hydroxylation sites is 1. The largest absolute Gasteiger partial charge is 0.363 e. The number of benzene rings is 1. The van der Waals surface area contributed by atoms with E-state index in [9.17, 15) is 0 Å². The van der Waals surface area contributed by atoms with Crippen molar-refractivity contribution in [1.29, 1.82) is 0 Å². The highest BCUT2D eigenvalue weighted by molar-refractivity contribution is 5.80. The second-order valence-electron chi connectivity index (χ2n) is 6.18. The van der Waals surface area contributed by atoms with E-state index >= 15 is 0 Å². The molecule has 1 aromatic carbocycles. The molecule has 1 heterocycles. The lowest BCUT2D eigenvalue weighted by Gasteiger charge is -2.39. The molecule has 0 spiro atoms. The second-order valence-corrected chi connectivity index (χ2v) is 6.18. The molecule has 20 heavy (non-hydrogen) atoms. The third-order valence-corrected chi connectivity index (χ3v) is 4.61. The van der Waals surface area contributed by atoms with Crippen LogP contribution in [0, 0.1) is 5.92 Å². The number of hydrogen-bond donors (Lipinski definition) is 2. The topological polar surface area (TPSA) is 50.9 Å².